The van der Waals surface area contributed by atoms with Gasteiger partial charge in [-0.25, -0.2) is 0 Å². The van der Waals surface area contributed by atoms with Gasteiger partial charge in [0.1, 0.15) is 0 Å². The Morgan fingerprint density at radius 3 is 2.48 bits per heavy atom. The van der Waals surface area contributed by atoms with Gasteiger partial charge in [-0.1, -0.05) is 58.2 Å². The van der Waals surface area contributed by atoms with Crippen LogP contribution in [-0.4, -0.2) is 31.8 Å². The molecule has 0 fully saturated rings. The van der Waals surface area contributed by atoms with Crippen LogP contribution >= 0.6 is 0 Å². The first-order chi connectivity index (χ1) is 10.0. The highest BCUT2D eigenvalue weighted by molar-refractivity contribution is 6.46. The average molecular weight is 290 g/mol. The molecule has 0 bridgehead atoms. The Bertz CT molecular complexity index is 328. The van der Waals surface area contributed by atoms with Crippen molar-refractivity contribution in [3.63, 3.8) is 0 Å². The van der Waals surface area contributed by atoms with Gasteiger partial charge in [-0.05, 0) is 50.9 Å². The van der Waals surface area contributed by atoms with E-state index in [-0.39, 0.29) is 0 Å². The van der Waals surface area contributed by atoms with Crippen molar-refractivity contribution in [1.29, 1.82) is 0 Å². The molecule has 0 aromatic carbocycles. The van der Waals surface area contributed by atoms with Crippen LogP contribution in [0.4, 0.5) is 0 Å². The van der Waals surface area contributed by atoms with E-state index in [2.05, 4.69) is 51.3 Å². The van der Waals surface area contributed by atoms with E-state index in [1.165, 1.54) is 24.8 Å². The van der Waals surface area contributed by atoms with E-state index in [0.29, 0.717) is 5.92 Å². The molecule has 0 aliphatic carbocycles. The summed E-state index contributed by atoms with van der Waals surface area (Å²) < 4.78 is 0. The highest BCUT2D eigenvalue weighted by atomic mass is 15.1. The van der Waals surface area contributed by atoms with Crippen molar-refractivity contribution in [3.05, 3.63) is 36.0 Å². The fourth-order valence-corrected chi connectivity index (χ4v) is 2.33. The molecule has 0 amide bonds. The first kappa shape index (κ1) is 20.0. The Hall–Kier alpha value is -0.955. The van der Waals surface area contributed by atoms with E-state index in [0.717, 1.165) is 38.9 Å². The SMILES string of the molecule is C=C/C=C(BCCCN(CC)CC)\C=C(\N)CCC(C)C. The third-order valence-electron chi connectivity index (χ3n) is 3.80. The van der Waals surface area contributed by atoms with Gasteiger partial charge in [0.25, 0.3) is 0 Å². The molecule has 0 unspecified atom stereocenters. The van der Waals surface area contributed by atoms with Crippen LogP contribution in [0.2, 0.25) is 6.32 Å². The average Bonchev–Trinajstić information content (AvgIpc) is 2.45. The lowest BCUT2D eigenvalue weighted by atomic mass is 9.65. The summed E-state index contributed by atoms with van der Waals surface area (Å²) in [6.07, 6.45) is 10.7. The smallest absolute Gasteiger partial charge is 0.157 e. The van der Waals surface area contributed by atoms with Crippen molar-refractivity contribution in [2.75, 3.05) is 19.6 Å². The van der Waals surface area contributed by atoms with Crippen molar-refractivity contribution < 1.29 is 0 Å². The first-order valence-corrected chi connectivity index (χ1v) is 8.53. The number of nitrogens with two attached hydrogens (primary N) is 1. The van der Waals surface area contributed by atoms with E-state index >= 15 is 0 Å². The van der Waals surface area contributed by atoms with Gasteiger partial charge >= 0.3 is 0 Å². The number of rotatable bonds is 12. The van der Waals surface area contributed by atoms with Crippen LogP contribution < -0.4 is 5.73 Å². The number of allylic oxidation sites excluding steroid dienone is 5. The van der Waals surface area contributed by atoms with Gasteiger partial charge in [0.15, 0.2) is 7.28 Å². The minimum absolute atomic E-state index is 0.706. The molecule has 0 saturated carbocycles. The number of hydrogen-bond acceptors (Lipinski definition) is 2. The van der Waals surface area contributed by atoms with Gasteiger partial charge in [0, 0.05) is 5.70 Å². The molecule has 120 valence electrons. The summed E-state index contributed by atoms with van der Waals surface area (Å²) in [5, 5.41) is 0. The highest BCUT2D eigenvalue weighted by Crippen LogP contribution is 2.11. The predicted octanol–water partition coefficient (Wildman–Crippen LogP) is 3.92. The van der Waals surface area contributed by atoms with Gasteiger partial charge in [-0.15, -0.1) is 0 Å². The molecule has 0 aliphatic heterocycles. The number of nitrogens with zero attached hydrogens (tertiary/aromatic N) is 1. The zero-order valence-electron chi connectivity index (χ0n) is 14.7. The summed E-state index contributed by atoms with van der Waals surface area (Å²) >= 11 is 0. The maximum Gasteiger partial charge on any atom is 0.157 e. The molecule has 0 rings (SSSR count). The van der Waals surface area contributed by atoms with Crippen LogP contribution in [0.1, 0.15) is 47.0 Å². The lowest BCUT2D eigenvalue weighted by molar-refractivity contribution is 0.304. The molecule has 0 heterocycles. The Morgan fingerprint density at radius 1 is 1.29 bits per heavy atom. The van der Waals surface area contributed by atoms with E-state index in [1.807, 2.05) is 6.08 Å². The maximum atomic E-state index is 6.13. The molecular formula is C18H35BN2. The maximum absolute atomic E-state index is 6.13. The third-order valence-corrected chi connectivity index (χ3v) is 3.80. The molecule has 3 heteroatoms. The molecule has 0 aromatic heterocycles. The van der Waals surface area contributed by atoms with E-state index in [9.17, 15) is 0 Å². The van der Waals surface area contributed by atoms with Gasteiger partial charge in [-0.3, -0.25) is 0 Å². The standard InChI is InChI=1S/C18H35BN2/c1-6-10-17(15-18(20)12-11-16(4)5)19-13-9-14-21(7-2)8-3/h6,10,15-16,19H,1,7-9,11-14,20H2,2-5H3/b17-10+,18-15+. The van der Waals surface area contributed by atoms with Crippen molar-refractivity contribution in [3.8, 4) is 0 Å². The minimum Gasteiger partial charge on any atom is -0.402 e. The molecule has 0 atom stereocenters. The van der Waals surface area contributed by atoms with Gasteiger partial charge in [0.2, 0.25) is 0 Å². The minimum atomic E-state index is 0.706. The Morgan fingerprint density at radius 2 is 1.95 bits per heavy atom. The van der Waals surface area contributed by atoms with E-state index in [1.54, 1.807) is 0 Å². The monoisotopic (exact) mass is 290 g/mol. The summed E-state index contributed by atoms with van der Waals surface area (Å²) in [7, 11) is 1.09. The lowest BCUT2D eigenvalue weighted by Crippen LogP contribution is -2.24. The zero-order chi connectivity index (χ0) is 16.1. The molecule has 0 aliphatic rings. The second kappa shape index (κ2) is 12.8. The molecule has 0 spiro atoms. The van der Waals surface area contributed by atoms with Crippen molar-refractivity contribution >= 4 is 7.28 Å². The van der Waals surface area contributed by atoms with Crippen molar-refractivity contribution in [2.45, 2.75) is 53.3 Å². The van der Waals surface area contributed by atoms with Gasteiger partial charge < -0.3 is 10.6 Å². The van der Waals surface area contributed by atoms with Crippen LogP contribution in [0, 0.1) is 5.92 Å². The summed E-state index contributed by atoms with van der Waals surface area (Å²) in [5.74, 6) is 0.706. The summed E-state index contributed by atoms with van der Waals surface area (Å²) in [4.78, 5) is 2.48. The molecular weight excluding hydrogens is 255 g/mol. The lowest BCUT2D eigenvalue weighted by Gasteiger charge is -2.17. The van der Waals surface area contributed by atoms with Crippen LogP contribution in [0.3, 0.4) is 0 Å². The summed E-state index contributed by atoms with van der Waals surface area (Å²) in [5.41, 5.74) is 8.44. The van der Waals surface area contributed by atoms with Crippen molar-refractivity contribution in [1.82, 2.24) is 4.90 Å². The second-order valence-corrected chi connectivity index (χ2v) is 6.11. The van der Waals surface area contributed by atoms with E-state index < -0.39 is 0 Å². The third kappa shape index (κ3) is 11.4. The Kier molecular flexibility index (Phi) is 12.2. The summed E-state index contributed by atoms with van der Waals surface area (Å²) in [6, 6.07) is 0. The van der Waals surface area contributed by atoms with Gasteiger partial charge in [0.05, 0.1) is 0 Å². The Labute approximate surface area is 133 Å². The molecule has 2 nitrogen and oxygen atoms in total. The fraction of sp³-hybridized carbons (Fsp3) is 0.667. The normalized spacial score (nSPS) is 13.0. The number of hydrogen-bond donors (Lipinski definition) is 1. The van der Waals surface area contributed by atoms with Crippen LogP contribution in [0.5, 0.6) is 0 Å². The quantitative estimate of drug-likeness (QED) is 0.335. The highest BCUT2D eigenvalue weighted by Gasteiger charge is 2.02. The molecule has 0 radical (unpaired) electrons. The largest absolute Gasteiger partial charge is 0.402 e. The molecule has 2 N–H and O–H groups in total. The molecule has 0 saturated heterocycles. The first-order valence-electron chi connectivity index (χ1n) is 8.53. The topological polar surface area (TPSA) is 29.3 Å². The zero-order valence-corrected chi connectivity index (χ0v) is 14.7. The molecule has 21 heavy (non-hydrogen) atoms. The second-order valence-electron chi connectivity index (χ2n) is 6.11. The predicted molar refractivity (Wildman–Crippen MR) is 99.0 cm³/mol. The fourth-order valence-electron chi connectivity index (χ4n) is 2.33. The Balaban J connectivity index is 4.22. The van der Waals surface area contributed by atoms with Crippen molar-refractivity contribution in [2.24, 2.45) is 11.7 Å². The molecule has 0 aromatic rings. The van der Waals surface area contributed by atoms with Crippen LogP contribution in [0.25, 0.3) is 0 Å². The van der Waals surface area contributed by atoms with E-state index in [4.69, 9.17) is 5.73 Å². The van der Waals surface area contributed by atoms with Crippen LogP contribution in [0.15, 0.2) is 36.0 Å². The summed E-state index contributed by atoms with van der Waals surface area (Å²) in [6.45, 7) is 16.2. The van der Waals surface area contributed by atoms with Gasteiger partial charge in [-0.2, -0.15) is 0 Å². The van der Waals surface area contributed by atoms with Crippen LogP contribution in [-0.2, 0) is 0 Å².